The van der Waals surface area contributed by atoms with E-state index in [0.29, 0.717) is 13.0 Å². The molecule has 0 unspecified atom stereocenters. The van der Waals surface area contributed by atoms with Crippen LogP contribution in [0.25, 0.3) is 0 Å². The molecule has 4 nitrogen and oxygen atoms in total. The number of unbranched alkanes of at least 4 members (excludes halogenated alkanes) is 2. The van der Waals surface area contributed by atoms with Crippen LogP contribution in [0.15, 0.2) is 42.0 Å². The second-order valence-corrected chi connectivity index (χ2v) is 7.37. The summed E-state index contributed by atoms with van der Waals surface area (Å²) in [7, 11) is 0. The largest absolute Gasteiger partial charge is 0.481 e. The molecule has 0 aromatic heterocycles. The standard InChI is InChI=1S/C21H28O4/c22-19-13-17-11-16(12-18(17)20(19)21(23)24)9-5-2-6-10-25-14-15-7-3-1-4-8-15/h1,3-4,7-8,11,17-20,22H,2,5-6,9-10,12-14H2,(H,23,24)/t17-,18-,19+,20+/m1/s1. The SMILES string of the molecule is O=C(O)[C@H]1[C@@H]2CC(CCCCCOCc3ccccc3)=C[C@@H]2C[C@@H]1O. The second kappa shape index (κ2) is 8.63. The lowest BCUT2D eigenvalue weighted by Gasteiger charge is -2.17. The first-order valence-corrected chi connectivity index (χ1v) is 9.37. The minimum Gasteiger partial charge on any atom is -0.481 e. The van der Waals surface area contributed by atoms with Crippen molar-refractivity contribution in [2.75, 3.05) is 6.61 Å². The van der Waals surface area contributed by atoms with Crippen LogP contribution in [0.5, 0.6) is 0 Å². The summed E-state index contributed by atoms with van der Waals surface area (Å²) in [6, 6.07) is 10.2. The molecule has 0 radical (unpaired) electrons. The third-order valence-electron chi connectivity index (χ3n) is 5.57. The highest BCUT2D eigenvalue weighted by atomic mass is 16.5. The monoisotopic (exact) mass is 344 g/mol. The number of rotatable bonds is 9. The van der Waals surface area contributed by atoms with Crippen molar-refractivity contribution in [3.8, 4) is 0 Å². The molecule has 2 aliphatic carbocycles. The Balaban J connectivity index is 1.29. The quantitative estimate of drug-likeness (QED) is 0.528. The van der Waals surface area contributed by atoms with E-state index < -0.39 is 18.0 Å². The lowest BCUT2D eigenvalue weighted by molar-refractivity contribution is -0.146. The van der Waals surface area contributed by atoms with Gasteiger partial charge < -0.3 is 14.9 Å². The highest BCUT2D eigenvalue weighted by molar-refractivity contribution is 5.72. The molecule has 0 bridgehead atoms. The van der Waals surface area contributed by atoms with Crippen LogP contribution in [0.1, 0.15) is 44.1 Å². The van der Waals surface area contributed by atoms with E-state index in [1.165, 1.54) is 11.1 Å². The summed E-state index contributed by atoms with van der Waals surface area (Å²) >= 11 is 0. The number of aliphatic carboxylic acids is 1. The normalized spacial score (nSPS) is 28.0. The molecule has 1 aromatic carbocycles. The fraction of sp³-hybridized carbons (Fsp3) is 0.571. The van der Waals surface area contributed by atoms with Gasteiger partial charge in [0.25, 0.3) is 0 Å². The van der Waals surface area contributed by atoms with Crippen molar-refractivity contribution in [1.29, 1.82) is 0 Å². The van der Waals surface area contributed by atoms with E-state index in [4.69, 9.17) is 4.74 Å². The molecule has 0 aliphatic heterocycles. The number of hydrogen-bond acceptors (Lipinski definition) is 3. The summed E-state index contributed by atoms with van der Waals surface area (Å²) < 4.78 is 5.70. The number of carboxylic acid groups (broad SMARTS) is 1. The first-order chi connectivity index (χ1) is 12.1. The molecule has 136 valence electrons. The first kappa shape index (κ1) is 18.2. The Kier molecular flexibility index (Phi) is 6.27. The van der Waals surface area contributed by atoms with E-state index in [0.717, 1.165) is 38.7 Å². The average Bonchev–Trinajstić information content (AvgIpc) is 3.10. The van der Waals surface area contributed by atoms with Crippen LogP contribution in [0.3, 0.4) is 0 Å². The van der Waals surface area contributed by atoms with Crippen molar-refractivity contribution in [1.82, 2.24) is 0 Å². The smallest absolute Gasteiger partial charge is 0.309 e. The van der Waals surface area contributed by atoms with Gasteiger partial charge in [0.2, 0.25) is 0 Å². The minimum absolute atomic E-state index is 0.108. The molecule has 1 aromatic rings. The van der Waals surface area contributed by atoms with Gasteiger partial charge in [-0.2, -0.15) is 0 Å². The third kappa shape index (κ3) is 4.71. The zero-order chi connectivity index (χ0) is 17.6. The predicted molar refractivity (Wildman–Crippen MR) is 96.0 cm³/mol. The van der Waals surface area contributed by atoms with Crippen LogP contribution in [0, 0.1) is 17.8 Å². The van der Waals surface area contributed by atoms with Crippen molar-refractivity contribution >= 4 is 5.97 Å². The molecule has 0 amide bonds. The van der Waals surface area contributed by atoms with Crippen LogP contribution >= 0.6 is 0 Å². The number of aliphatic hydroxyl groups is 1. The highest BCUT2D eigenvalue weighted by Gasteiger charge is 2.48. The molecule has 25 heavy (non-hydrogen) atoms. The number of benzene rings is 1. The van der Waals surface area contributed by atoms with Gasteiger partial charge in [-0.05, 0) is 49.5 Å². The number of carboxylic acids is 1. The summed E-state index contributed by atoms with van der Waals surface area (Å²) in [5, 5.41) is 19.2. The number of aliphatic hydroxyl groups excluding tert-OH is 1. The van der Waals surface area contributed by atoms with E-state index in [9.17, 15) is 15.0 Å². The zero-order valence-electron chi connectivity index (χ0n) is 14.6. The molecule has 1 fully saturated rings. The van der Waals surface area contributed by atoms with Gasteiger partial charge in [-0.25, -0.2) is 0 Å². The zero-order valence-corrected chi connectivity index (χ0v) is 14.6. The lowest BCUT2D eigenvalue weighted by Crippen LogP contribution is -2.27. The fourth-order valence-corrected chi connectivity index (χ4v) is 4.33. The van der Waals surface area contributed by atoms with Crippen molar-refractivity contribution in [2.45, 2.75) is 51.2 Å². The van der Waals surface area contributed by atoms with Gasteiger partial charge in [0, 0.05) is 6.61 Å². The summed E-state index contributed by atoms with van der Waals surface area (Å²) in [5.41, 5.74) is 2.60. The van der Waals surface area contributed by atoms with Gasteiger partial charge in [0.05, 0.1) is 18.6 Å². The summed E-state index contributed by atoms with van der Waals surface area (Å²) in [5.74, 6) is -1.05. The van der Waals surface area contributed by atoms with Crippen molar-refractivity contribution in [3.05, 3.63) is 47.5 Å². The number of ether oxygens (including phenoxy) is 1. The molecule has 0 heterocycles. The Labute approximate surface area is 149 Å². The van der Waals surface area contributed by atoms with Crippen LogP contribution in [0.4, 0.5) is 0 Å². The lowest BCUT2D eigenvalue weighted by atomic mass is 9.89. The Morgan fingerprint density at radius 1 is 1.16 bits per heavy atom. The van der Waals surface area contributed by atoms with Gasteiger partial charge in [-0.3, -0.25) is 4.79 Å². The Morgan fingerprint density at radius 2 is 1.96 bits per heavy atom. The van der Waals surface area contributed by atoms with Crippen LogP contribution < -0.4 is 0 Å². The van der Waals surface area contributed by atoms with Crippen molar-refractivity contribution in [3.63, 3.8) is 0 Å². The maximum atomic E-state index is 11.3. The van der Waals surface area contributed by atoms with Crippen LogP contribution in [0.2, 0.25) is 0 Å². The Morgan fingerprint density at radius 3 is 2.72 bits per heavy atom. The summed E-state index contributed by atoms with van der Waals surface area (Å²) in [6.07, 6.45) is 7.39. The summed E-state index contributed by atoms with van der Waals surface area (Å²) in [4.78, 5) is 11.3. The molecule has 2 N–H and O–H groups in total. The molecule has 4 heteroatoms. The number of allylic oxidation sites excluding steroid dienone is 2. The molecule has 1 saturated carbocycles. The third-order valence-corrected chi connectivity index (χ3v) is 5.57. The van der Waals surface area contributed by atoms with Crippen molar-refractivity contribution < 1.29 is 19.7 Å². The molecule has 3 rings (SSSR count). The minimum atomic E-state index is -0.842. The van der Waals surface area contributed by atoms with Gasteiger partial charge in [-0.1, -0.05) is 48.4 Å². The van der Waals surface area contributed by atoms with Gasteiger partial charge in [0.1, 0.15) is 0 Å². The van der Waals surface area contributed by atoms with E-state index in [1.54, 1.807) is 0 Å². The summed E-state index contributed by atoms with van der Waals surface area (Å²) in [6.45, 7) is 1.46. The average molecular weight is 344 g/mol. The maximum absolute atomic E-state index is 11.3. The predicted octanol–water partition coefficient (Wildman–Crippen LogP) is 3.79. The van der Waals surface area contributed by atoms with E-state index in [1.807, 2.05) is 18.2 Å². The van der Waals surface area contributed by atoms with Crippen LogP contribution in [-0.4, -0.2) is 28.9 Å². The topological polar surface area (TPSA) is 66.8 Å². The number of carbonyl (C=O) groups is 1. The maximum Gasteiger partial charge on any atom is 0.309 e. The molecule has 0 spiro atoms. The number of fused-ring (bicyclic) bond motifs is 1. The Hall–Kier alpha value is -1.65. The molecule has 0 saturated heterocycles. The molecule has 2 aliphatic rings. The Bertz CT molecular complexity index is 595. The van der Waals surface area contributed by atoms with Gasteiger partial charge in [0.15, 0.2) is 0 Å². The number of hydrogen-bond donors (Lipinski definition) is 2. The van der Waals surface area contributed by atoms with Crippen molar-refractivity contribution in [2.24, 2.45) is 17.8 Å². The van der Waals surface area contributed by atoms with E-state index >= 15 is 0 Å². The van der Waals surface area contributed by atoms with Crippen LogP contribution in [-0.2, 0) is 16.1 Å². The second-order valence-electron chi connectivity index (χ2n) is 7.37. The fourth-order valence-electron chi connectivity index (χ4n) is 4.33. The van der Waals surface area contributed by atoms with Gasteiger partial charge in [-0.15, -0.1) is 0 Å². The molecular formula is C21H28O4. The van der Waals surface area contributed by atoms with Gasteiger partial charge >= 0.3 is 5.97 Å². The highest BCUT2D eigenvalue weighted by Crippen LogP contribution is 2.47. The van der Waals surface area contributed by atoms with E-state index in [-0.39, 0.29) is 11.8 Å². The first-order valence-electron chi connectivity index (χ1n) is 9.37. The molecule has 4 atom stereocenters. The van der Waals surface area contributed by atoms with E-state index in [2.05, 4.69) is 18.2 Å². The molecular weight excluding hydrogens is 316 g/mol.